The van der Waals surface area contributed by atoms with Crippen LogP contribution < -0.4 is 27.4 Å². The van der Waals surface area contributed by atoms with Crippen LogP contribution >= 0.6 is 0 Å². The van der Waals surface area contributed by atoms with E-state index in [1.54, 1.807) is 42.5 Å². The third-order valence-electron chi connectivity index (χ3n) is 7.19. The number of carbonyl (C=O) groups excluding carboxylic acids is 4. The van der Waals surface area contributed by atoms with Crippen LogP contribution in [0.3, 0.4) is 0 Å². The number of primary amides is 2. The first-order valence-corrected chi connectivity index (χ1v) is 14.7. The minimum atomic E-state index is -1.62. The number of hydrogen-bond donors (Lipinski definition) is 6. The van der Waals surface area contributed by atoms with Crippen LogP contribution in [0.15, 0.2) is 66.7 Å². The van der Waals surface area contributed by atoms with Crippen molar-refractivity contribution >= 4 is 34.5 Å². The van der Waals surface area contributed by atoms with Gasteiger partial charge in [-0.3, -0.25) is 19.2 Å². The molecule has 2 aromatic carbocycles. The van der Waals surface area contributed by atoms with Gasteiger partial charge in [0.2, 0.25) is 17.7 Å². The molecule has 0 radical (unpaired) electrons. The van der Waals surface area contributed by atoms with Gasteiger partial charge in [0.05, 0.1) is 17.5 Å². The Balaban J connectivity index is 2.06. The van der Waals surface area contributed by atoms with E-state index in [-0.39, 0.29) is 18.0 Å². The Morgan fingerprint density at radius 2 is 1.50 bits per heavy atom. The first kappa shape index (κ1) is 34.1. The van der Waals surface area contributed by atoms with Gasteiger partial charge in [-0.2, -0.15) is 0 Å². The Bertz CT molecular complexity index is 1460. The summed E-state index contributed by atoms with van der Waals surface area (Å²) in [6, 6.07) is 16.6. The average Bonchev–Trinajstić information content (AvgIpc) is 2.95. The zero-order chi connectivity index (χ0) is 32.6. The molecule has 0 fully saturated rings. The summed E-state index contributed by atoms with van der Waals surface area (Å²) < 4.78 is 0. The van der Waals surface area contributed by atoms with Crippen LogP contribution in [0.2, 0.25) is 0 Å². The van der Waals surface area contributed by atoms with Gasteiger partial charge in [-0.05, 0) is 57.4 Å². The number of carbonyl (C=O) groups is 4. The number of rotatable bonds is 14. The fraction of sp³-hybridized carbons (Fsp3) is 0.424. The molecule has 0 bridgehead atoms. The first-order valence-electron chi connectivity index (χ1n) is 14.7. The molecule has 0 aliphatic heterocycles. The number of hydrogen-bond acceptors (Lipinski definition) is 7. The van der Waals surface area contributed by atoms with Crippen LogP contribution in [0.5, 0.6) is 0 Å². The van der Waals surface area contributed by atoms with Crippen LogP contribution in [-0.2, 0) is 20.8 Å². The zero-order valence-corrected chi connectivity index (χ0v) is 25.9. The Hall–Kier alpha value is -4.35. The molecule has 3 aromatic rings. The number of pyridine rings is 1. The number of aromatic nitrogens is 1. The summed E-state index contributed by atoms with van der Waals surface area (Å²) in [6.07, 6.45) is -1.47. The van der Waals surface area contributed by atoms with Crippen molar-refractivity contribution in [1.29, 1.82) is 0 Å². The average molecular weight is 605 g/mol. The summed E-state index contributed by atoms with van der Waals surface area (Å²) in [7, 11) is 0. The van der Waals surface area contributed by atoms with E-state index in [0.29, 0.717) is 17.6 Å². The van der Waals surface area contributed by atoms with E-state index in [2.05, 4.69) is 20.9 Å². The first-order chi connectivity index (χ1) is 20.7. The van der Waals surface area contributed by atoms with Crippen molar-refractivity contribution < 1.29 is 24.3 Å². The van der Waals surface area contributed by atoms with Crippen molar-refractivity contribution in [1.82, 2.24) is 20.9 Å². The lowest BCUT2D eigenvalue weighted by molar-refractivity contribution is -0.136. The molecule has 5 atom stereocenters. The molecule has 0 saturated heterocycles. The summed E-state index contributed by atoms with van der Waals surface area (Å²) in [5.74, 6) is -5.73. The van der Waals surface area contributed by atoms with E-state index in [1.807, 2.05) is 52.8 Å². The summed E-state index contributed by atoms with van der Waals surface area (Å²) in [5.41, 5.74) is 12.3. The van der Waals surface area contributed by atoms with E-state index in [9.17, 15) is 24.3 Å². The van der Waals surface area contributed by atoms with Crippen molar-refractivity contribution in [3.8, 4) is 0 Å². The molecule has 11 heteroatoms. The molecule has 1 heterocycles. The molecule has 0 spiro atoms. The van der Waals surface area contributed by atoms with Gasteiger partial charge in [0.1, 0.15) is 17.8 Å². The Morgan fingerprint density at radius 1 is 0.864 bits per heavy atom. The number of nitrogens with one attached hydrogen (secondary N) is 3. The van der Waals surface area contributed by atoms with Crippen LogP contribution in [-0.4, -0.2) is 64.0 Å². The van der Waals surface area contributed by atoms with E-state index in [4.69, 9.17) is 11.5 Å². The lowest BCUT2D eigenvalue weighted by Gasteiger charge is -2.37. The summed E-state index contributed by atoms with van der Waals surface area (Å²) >= 11 is 0. The highest BCUT2D eigenvalue weighted by Gasteiger charge is 2.45. The number of para-hydroxylation sites is 1. The number of amides is 4. The van der Waals surface area contributed by atoms with E-state index < -0.39 is 59.2 Å². The maximum Gasteiger partial charge on any atom is 0.270 e. The van der Waals surface area contributed by atoms with E-state index in [0.717, 1.165) is 5.39 Å². The van der Waals surface area contributed by atoms with Gasteiger partial charge in [0.15, 0.2) is 0 Å². The monoisotopic (exact) mass is 604 g/mol. The SMILES string of the molecule is CC(C)CNC(C(=O)NC(C)(C)C)C(O)C(Cc1ccccc1)C(C(N)=O)C(NC(=O)c1ccc2ccccc2n1)C(N)=O. The highest BCUT2D eigenvalue weighted by atomic mass is 16.3. The van der Waals surface area contributed by atoms with Crippen LogP contribution in [0.1, 0.15) is 50.7 Å². The maximum absolute atomic E-state index is 13.5. The van der Waals surface area contributed by atoms with Crippen molar-refractivity contribution in [2.75, 3.05) is 6.54 Å². The quantitative estimate of drug-likeness (QED) is 0.161. The minimum absolute atomic E-state index is 0.000593. The largest absolute Gasteiger partial charge is 0.391 e. The van der Waals surface area contributed by atoms with Gasteiger partial charge in [0.25, 0.3) is 5.91 Å². The second-order valence-electron chi connectivity index (χ2n) is 12.5. The van der Waals surface area contributed by atoms with Gasteiger partial charge in [0, 0.05) is 16.8 Å². The lowest BCUT2D eigenvalue weighted by Crippen LogP contribution is -2.62. The summed E-state index contributed by atoms with van der Waals surface area (Å²) in [5, 5.41) is 21.3. The number of nitrogens with two attached hydrogens (primary N) is 2. The predicted molar refractivity (Wildman–Crippen MR) is 169 cm³/mol. The number of aliphatic hydroxyl groups excluding tert-OH is 1. The fourth-order valence-corrected chi connectivity index (χ4v) is 5.14. The van der Waals surface area contributed by atoms with Gasteiger partial charge in [-0.15, -0.1) is 0 Å². The topological polar surface area (TPSA) is 190 Å². The second-order valence-corrected chi connectivity index (χ2v) is 12.5. The molecule has 11 nitrogen and oxygen atoms in total. The van der Waals surface area contributed by atoms with Crippen molar-refractivity contribution in [3.05, 3.63) is 78.0 Å². The predicted octanol–water partition coefficient (Wildman–Crippen LogP) is 1.67. The van der Waals surface area contributed by atoms with Crippen LogP contribution in [0.25, 0.3) is 10.9 Å². The minimum Gasteiger partial charge on any atom is -0.391 e. The molecule has 8 N–H and O–H groups in total. The van der Waals surface area contributed by atoms with Crippen LogP contribution in [0, 0.1) is 17.8 Å². The molecule has 0 aliphatic carbocycles. The third kappa shape index (κ3) is 9.32. The lowest BCUT2D eigenvalue weighted by atomic mass is 9.75. The third-order valence-corrected chi connectivity index (χ3v) is 7.19. The number of aliphatic hydroxyl groups is 1. The van der Waals surface area contributed by atoms with Gasteiger partial charge < -0.3 is 32.5 Å². The maximum atomic E-state index is 13.5. The molecule has 3 rings (SSSR count). The second kappa shape index (κ2) is 14.9. The van der Waals surface area contributed by atoms with Crippen molar-refractivity contribution in [2.45, 2.75) is 64.8 Å². The molecule has 236 valence electrons. The highest BCUT2D eigenvalue weighted by molar-refractivity contribution is 5.99. The molecule has 0 aliphatic rings. The van der Waals surface area contributed by atoms with Gasteiger partial charge >= 0.3 is 0 Å². The Labute approximate surface area is 258 Å². The van der Waals surface area contributed by atoms with Crippen molar-refractivity contribution in [2.24, 2.45) is 29.2 Å². The molecule has 1 aromatic heterocycles. The molecule has 4 amide bonds. The highest BCUT2D eigenvalue weighted by Crippen LogP contribution is 2.28. The smallest absolute Gasteiger partial charge is 0.270 e. The molecular formula is C33H44N6O5. The normalized spacial score (nSPS) is 15.2. The number of fused-ring (bicyclic) bond motifs is 1. The van der Waals surface area contributed by atoms with Gasteiger partial charge in [-0.25, -0.2) is 4.98 Å². The molecule has 5 unspecified atom stereocenters. The van der Waals surface area contributed by atoms with Crippen molar-refractivity contribution in [3.63, 3.8) is 0 Å². The molecule has 44 heavy (non-hydrogen) atoms. The summed E-state index contributed by atoms with van der Waals surface area (Å²) in [4.78, 5) is 57.4. The summed E-state index contributed by atoms with van der Waals surface area (Å²) in [6.45, 7) is 9.70. The molecular weight excluding hydrogens is 560 g/mol. The van der Waals surface area contributed by atoms with E-state index in [1.165, 1.54) is 6.07 Å². The Morgan fingerprint density at radius 3 is 2.09 bits per heavy atom. The zero-order valence-electron chi connectivity index (χ0n) is 25.9. The standard InChI is InChI=1S/C33H44N6O5/c1-19(2)18-36-27(32(44)39-33(3,4)5)28(40)22(17-20-11-7-6-8-12-20)25(29(34)41)26(30(35)42)38-31(43)24-16-15-21-13-9-10-14-23(21)37-24/h6-16,19,22,25-28,36,40H,17-18H2,1-5H3,(H2,34,41)(H2,35,42)(H,38,43)(H,39,44). The van der Waals surface area contributed by atoms with Gasteiger partial charge in [-0.1, -0.05) is 68.4 Å². The number of nitrogens with zero attached hydrogens (tertiary/aromatic N) is 1. The fourth-order valence-electron chi connectivity index (χ4n) is 5.14. The van der Waals surface area contributed by atoms with E-state index >= 15 is 0 Å². The Kier molecular flexibility index (Phi) is 11.6. The number of benzene rings is 2. The molecule has 0 saturated carbocycles. The van der Waals surface area contributed by atoms with Crippen LogP contribution in [0.4, 0.5) is 0 Å².